The van der Waals surface area contributed by atoms with Gasteiger partial charge in [0.2, 0.25) is 0 Å². The fourth-order valence-corrected chi connectivity index (χ4v) is 1.70. The van der Waals surface area contributed by atoms with Crippen molar-refractivity contribution in [3.8, 4) is 0 Å². The zero-order valence-corrected chi connectivity index (χ0v) is 10.4. The molecule has 0 aliphatic carbocycles. The smallest absolute Gasteiger partial charge is 0.324 e. The Morgan fingerprint density at radius 3 is 3.06 bits per heavy atom. The average molecular weight is 270 g/mol. The molecule has 8 heteroatoms. The highest BCUT2D eigenvalue weighted by atomic mass is 32.1. The van der Waals surface area contributed by atoms with Crippen LogP contribution < -0.4 is 10.7 Å². The van der Waals surface area contributed by atoms with E-state index in [2.05, 4.69) is 22.4 Å². The van der Waals surface area contributed by atoms with E-state index in [1.807, 2.05) is 0 Å². The van der Waals surface area contributed by atoms with Crippen molar-refractivity contribution in [3.63, 3.8) is 0 Å². The van der Waals surface area contributed by atoms with Crippen molar-refractivity contribution >= 4 is 39.9 Å². The van der Waals surface area contributed by atoms with Crippen molar-refractivity contribution in [3.05, 3.63) is 39.8 Å². The number of nitro groups is 1. The molecule has 0 radical (unpaired) electrons. The molecular formula is C9H10N4O2S2. The van der Waals surface area contributed by atoms with Gasteiger partial charge in [0, 0.05) is 12.6 Å². The predicted molar refractivity (Wildman–Crippen MR) is 72.5 cm³/mol. The van der Waals surface area contributed by atoms with Crippen molar-refractivity contribution < 1.29 is 4.92 Å². The number of rotatable bonds is 5. The maximum atomic E-state index is 10.4. The predicted octanol–water partition coefficient (Wildman–Crippen LogP) is 1.64. The average Bonchev–Trinajstić information content (AvgIpc) is 2.75. The molecule has 0 aliphatic rings. The third kappa shape index (κ3) is 4.70. The number of hydrazone groups is 1. The fraction of sp³-hybridized carbons (Fsp3) is 0.111. The lowest BCUT2D eigenvalue weighted by atomic mass is 10.5. The number of nitrogens with zero attached hydrogens (tertiary/aromatic N) is 2. The van der Waals surface area contributed by atoms with E-state index in [0.29, 0.717) is 16.5 Å². The molecule has 1 aromatic rings. The first-order valence-corrected chi connectivity index (χ1v) is 5.78. The largest absolute Gasteiger partial charge is 0.358 e. The molecule has 0 saturated carbocycles. The van der Waals surface area contributed by atoms with Gasteiger partial charge in [0.25, 0.3) is 0 Å². The Hall–Kier alpha value is -1.80. The summed E-state index contributed by atoms with van der Waals surface area (Å²) >= 11 is 5.94. The first-order chi connectivity index (χ1) is 8.13. The molecule has 0 saturated heterocycles. The van der Waals surface area contributed by atoms with Gasteiger partial charge in [0.15, 0.2) is 5.11 Å². The second-order valence-electron chi connectivity index (χ2n) is 2.80. The van der Waals surface area contributed by atoms with E-state index in [-0.39, 0.29) is 5.00 Å². The van der Waals surface area contributed by atoms with Gasteiger partial charge in [-0.15, -0.1) is 6.58 Å². The monoisotopic (exact) mass is 270 g/mol. The van der Waals surface area contributed by atoms with Gasteiger partial charge >= 0.3 is 5.00 Å². The first kappa shape index (κ1) is 13.3. The number of thiophene rings is 1. The topological polar surface area (TPSA) is 79.6 Å². The lowest BCUT2D eigenvalue weighted by Gasteiger charge is -2.02. The van der Waals surface area contributed by atoms with E-state index in [1.165, 1.54) is 12.3 Å². The molecule has 0 unspecified atom stereocenters. The minimum Gasteiger partial charge on any atom is -0.358 e. The summed E-state index contributed by atoms with van der Waals surface area (Å²) in [5.74, 6) is 0. The third-order valence-corrected chi connectivity index (χ3v) is 2.76. The van der Waals surface area contributed by atoms with E-state index in [4.69, 9.17) is 12.2 Å². The molecule has 0 spiro atoms. The van der Waals surface area contributed by atoms with Crippen LogP contribution in [0, 0.1) is 10.1 Å². The first-order valence-electron chi connectivity index (χ1n) is 4.55. The van der Waals surface area contributed by atoms with Gasteiger partial charge in [-0.25, -0.2) is 0 Å². The second kappa shape index (κ2) is 6.71. The Bertz CT molecular complexity index is 456. The Morgan fingerprint density at radius 2 is 2.47 bits per heavy atom. The number of thiocarbonyl (C=S) groups is 1. The molecule has 6 nitrogen and oxygen atoms in total. The second-order valence-corrected chi connectivity index (χ2v) is 4.30. The van der Waals surface area contributed by atoms with Crippen LogP contribution in [0.1, 0.15) is 4.88 Å². The van der Waals surface area contributed by atoms with Gasteiger partial charge in [-0.05, 0) is 18.3 Å². The van der Waals surface area contributed by atoms with E-state index in [9.17, 15) is 10.1 Å². The van der Waals surface area contributed by atoms with Gasteiger partial charge in [-0.3, -0.25) is 15.5 Å². The summed E-state index contributed by atoms with van der Waals surface area (Å²) in [6.07, 6.45) is 3.14. The molecule has 0 amide bonds. The molecule has 0 atom stereocenters. The van der Waals surface area contributed by atoms with Crippen LogP contribution in [0.3, 0.4) is 0 Å². The van der Waals surface area contributed by atoms with Crippen LogP contribution in [-0.4, -0.2) is 22.8 Å². The summed E-state index contributed by atoms with van der Waals surface area (Å²) in [5.41, 5.74) is 2.58. The standard InChI is InChI=1S/C9H10N4O2S2/c1-2-5-10-9(16)12-11-6-7-3-4-8(17-7)13(14)15/h2-4,6H,1,5H2,(H2,10,12,16)/b11-6+. The van der Waals surface area contributed by atoms with Gasteiger partial charge in [-0.2, -0.15) is 5.10 Å². The zero-order chi connectivity index (χ0) is 12.7. The molecule has 0 fully saturated rings. The number of nitrogens with one attached hydrogen (secondary N) is 2. The van der Waals surface area contributed by atoms with E-state index < -0.39 is 4.92 Å². The normalized spacial score (nSPS) is 10.1. The summed E-state index contributed by atoms with van der Waals surface area (Å²) in [5, 5.41) is 17.5. The molecule has 2 N–H and O–H groups in total. The van der Waals surface area contributed by atoms with Crippen LogP contribution >= 0.6 is 23.6 Å². The van der Waals surface area contributed by atoms with Crippen molar-refractivity contribution in [2.45, 2.75) is 0 Å². The van der Waals surface area contributed by atoms with Crippen LogP contribution in [0.2, 0.25) is 0 Å². The molecule has 1 rings (SSSR count). The maximum absolute atomic E-state index is 10.4. The van der Waals surface area contributed by atoms with Crippen LogP contribution in [0.15, 0.2) is 29.9 Å². The zero-order valence-electron chi connectivity index (χ0n) is 8.75. The molecule has 1 heterocycles. The molecular weight excluding hydrogens is 260 g/mol. The molecule has 0 aliphatic heterocycles. The Balaban J connectivity index is 2.44. The minimum atomic E-state index is -0.439. The van der Waals surface area contributed by atoms with Crippen LogP contribution in [0.4, 0.5) is 5.00 Å². The van der Waals surface area contributed by atoms with Crippen molar-refractivity contribution in [2.75, 3.05) is 6.54 Å². The van der Waals surface area contributed by atoms with Crippen LogP contribution in [-0.2, 0) is 0 Å². The van der Waals surface area contributed by atoms with Gasteiger partial charge in [0.05, 0.1) is 16.0 Å². The molecule has 90 valence electrons. The Labute approximate surface area is 107 Å². The van der Waals surface area contributed by atoms with E-state index >= 15 is 0 Å². The summed E-state index contributed by atoms with van der Waals surface area (Å²) in [4.78, 5) is 10.7. The molecule has 0 aromatic carbocycles. The van der Waals surface area contributed by atoms with Crippen LogP contribution in [0.5, 0.6) is 0 Å². The highest BCUT2D eigenvalue weighted by molar-refractivity contribution is 7.80. The molecule has 17 heavy (non-hydrogen) atoms. The summed E-state index contributed by atoms with van der Waals surface area (Å²) in [6, 6.07) is 3.05. The van der Waals surface area contributed by atoms with Crippen molar-refractivity contribution in [1.82, 2.24) is 10.7 Å². The lowest BCUT2D eigenvalue weighted by molar-refractivity contribution is -0.380. The lowest BCUT2D eigenvalue weighted by Crippen LogP contribution is -2.31. The maximum Gasteiger partial charge on any atom is 0.324 e. The number of hydrogen-bond donors (Lipinski definition) is 2. The van der Waals surface area contributed by atoms with Crippen molar-refractivity contribution in [1.29, 1.82) is 0 Å². The van der Waals surface area contributed by atoms with Crippen molar-refractivity contribution in [2.24, 2.45) is 5.10 Å². The van der Waals surface area contributed by atoms with Gasteiger partial charge in [0.1, 0.15) is 0 Å². The van der Waals surface area contributed by atoms with Crippen LogP contribution in [0.25, 0.3) is 0 Å². The molecule has 0 bridgehead atoms. The summed E-state index contributed by atoms with van der Waals surface area (Å²) < 4.78 is 0. The molecule has 1 aromatic heterocycles. The number of hydrogen-bond acceptors (Lipinski definition) is 5. The highest BCUT2D eigenvalue weighted by Crippen LogP contribution is 2.22. The summed E-state index contributed by atoms with van der Waals surface area (Å²) in [7, 11) is 0. The SMILES string of the molecule is C=CCNC(=S)N/N=C/c1ccc([N+](=O)[O-])s1. The Morgan fingerprint density at radius 1 is 1.71 bits per heavy atom. The minimum absolute atomic E-state index is 0.0822. The fourth-order valence-electron chi connectivity index (χ4n) is 0.869. The van der Waals surface area contributed by atoms with Gasteiger partial charge in [-0.1, -0.05) is 17.4 Å². The third-order valence-electron chi connectivity index (χ3n) is 1.56. The Kier molecular flexibility index (Phi) is 5.24. The quantitative estimate of drug-likeness (QED) is 0.279. The van der Waals surface area contributed by atoms with E-state index in [1.54, 1.807) is 12.1 Å². The summed E-state index contributed by atoms with van der Waals surface area (Å²) in [6.45, 7) is 4.08. The van der Waals surface area contributed by atoms with Gasteiger partial charge < -0.3 is 5.32 Å². The van der Waals surface area contributed by atoms with E-state index in [0.717, 1.165) is 11.3 Å². The highest BCUT2D eigenvalue weighted by Gasteiger charge is 2.07.